The van der Waals surface area contributed by atoms with Crippen molar-refractivity contribution >= 4 is 28.9 Å². The number of rotatable bonds is 3. The highest BCUT2D eigenvalue weighted by Crippen LogP contribution is 2.35. The average molecular weight is 434 g/mol. The van der Waals surface area contributed by atoms with Crippen LogP contribution >= 0.6 is 11.6 Å². The number of anilines is 2. The summed E-state index contributed by atoms with van der Waals surface area (Å²) in [6, 6.07) is 23.9. The molecule has 0 amide bonds. The fraction of sp³-hybridized carbons (Fsp3) is 0.269. The van der Waals surface area contributed by atoms with Gasteiger partial charge in [0.2, 0.25) is 5.96 Å². The summed E-state index contributed by atoms with van der Waals surface area (Å²) in [5.74, 6) is 0.422. The Hall–Kier alpha value is -2.82. The molecule has 0 unspecified atom stereocenters. The van der Waals surface area contributed by atoms with Crippen molar-refractivity contribution in [3.8, 4) is 0 Å². The summed E-state index contributed by atoms with van der Waals surface area (Å²) in [5.41, 5.74) is 4.28. The van der Waals surface area contributed by atoms with Crippen molar-refractivity contribution < 1.29 is 5.11 Å². The molecule has 0 spiro atoms. The molecular weight excluding hydrogens is 406 g/mol. The first kappa shape index (κ1) is 21.4. The van der Waals surface area contributed by atoms with Gasteiger partial charge in [0.1, 0.15) is 0 Å². The lowest BCUT2D eigenvalue weighted by Gasteiger charge is -2.42. The molecule has 0 bridgehead atoms. The molecule has 31 heavy (non-hydrogen) atoms. The molecule has 0 aliphatic carbocycles. The number of nitrogens with zero attached hydrogens (tertiary/aromatic N) is 2. The minimum Gasteiger partial charge on any atom is -0.385 e. The lowest BCUT2D eigenvalue weighted by Crippen LogP contribution is -2.49. The number of benzene rings is 3. The van der Waals surface area contributed by atoms with E-state index in [0.29, 0.717) is 36.9 Å². The zero-order chi connectivity index (χ0) is 22.0. The quantitative estimate of drug-likeness (QED) is 0.392. The highest BCUT2D eigenvalue weighted by atomic mass is 35.5. The van der Waals surface area contributed by atoms with Gasteiger partial charge in [0, 0.05) is 29.5 Å². The number of guanidine groups is 1. The van der Waals surface area contributed by atoms with Gasteiger partial charge in [-0.1, -0.05) is 59.1 Å². The van der Waals surface area contributed by atoms with Gasteiger partial charge in [0.15, 0.2) is 0 Å². The van der Waals surface area contributed by atoms with E-state index in [1.807, 2.05) is 34.1 Å². The maximum absolute atomic E-state index is 11.2. The molecule has 4 nitrogen and oxygen atoms in total. The van der Waals surface area contributed by atoms with Crippen molar-refractivity contribution in [1.29, 1.82) is 5.41 Å². The normalized spacial score (nSPS) is 15.5. The van der Waals surface area contributed by atoms with Gasteiger partial charge < -0.3 is 10.0 Å². The number of aliphatic hydroxyl groups is 1. The van der Waals surface area contributed by atoms with E-state index in [1.165, 1.54) is 11.1 Å². The third kappa shape index (κ3) is 4.60. The van der Waals surface area contributed by atoms with Crippen molar-refractivity contribution in [1.82, 2.24) is 4.90 Å². The third-order valence-corrected chi connectivity index (χ3v) is 6.32. The van der Waals surface area contributed by atoms with Crippen molar-refractivity contribution in [3.05, 3.63) is 94.5 Å². The zero-order valence-corrected chi connectivity index (χ0v) is 18.7. The Morgan fingerprint density at radius 1 is 0.839 bits per heavy atom. The number of nitrogens with one attached hydrogen (secondary N) is 1. The molecule has 1 aliphatic rings. The molecule has 2 N–H and O–H groups in total. The molecule has 0 atom stereocenters. The lowest BCUT2D eigenvalue weighted by molar-refractivity contribution is -0.0124. The van der Waals surface area contributed by atoms with Crippen LogP contribution < -0.4 is 4.90 Å². The van der Waals surface area contributed by atoms with Gasteiger partial charge in [-0.15, -0.1) is 0 Å². The fourth-order valence-electron chi connectivity index (χ4n) is 4.06. The summed E-state index contributed by atoms with van der Waals surface area (Å²) < 4.78 is 0. The van der Waals surface area contributed by atoms with E-state index >= 15 is 0 Å². The topological polar surface area (TPSA) is 50.6 Å². The van der Waals surface area contributed by atoms with Crippen LogP contribution in [0.1, 0.15) is 29.5 Å². The van der Waals surface area contributed by atoms with Crippen molar-refractivity contribution in [2.45, 2.75) is 32.3 Å². The second-order valence-corrected chi connectivity index (χ2v) is 8.79. The summed E-state index contributed by atoms with van der Waals surface area (Å²) in [4.78, 5) is 4.02. The largest absolute Gasteiger partial charge is 0.385 e. The second-order valence-electron chi connectivity index (χ2n) is 8.36. The third-order valence-electron chi connectivity index (χ3n) is 6.07. The van der Waals surface area contributed by atoms with Crippen molar-refractivity contribution in [2.24, 2.45) is 0 Å². The standard InChI is InChI=1S/C26H28ClN3O/c1-19-3-11-23(12-4-19)30(24-13-5-20(2)6-14-24)25(28)29-17-15-26(31,16-18-29)21-7-9-22(27)10-8-21/h3-14,28,31H,15-18H2,1-2H3. The lowest BCUT2D eigenvalue weighted by atomic mass is 9.84. The Morgan fingerprint density at radius 2 is 1.29 bits per heavy atom. The highest BCUT2D eigenvalue weighted by molar-refractivity contribution is 6.30. The van der Waals surface area contributed by atoms with Gasteiger partial charge in [-0.2, -0.15) is 0 Å². The number of likely N-dealkylation sites (tertiary alicyclic amines) is 1. The Balaban J connectivity index is 1.57. The summed E-state index contributed by atoms with van der Waals surface area (Å²) in [7, 11) is 0. The van der Waals surface area contributed by atoms with E-state index in [2.05, 4.69) is 62.4 Å². The molecule has 1 fully saturated rings. The van der Waals surface area contributed by atoms with Gasteiger partial charge in [-0.05, 0) is 68.7 Å². The van der Waals surface area contributed by atoms with Crippen LogP contribution in [0.3, 0.4) is 0 Å². The summed E-state index contributed by atoms with van der Waals surface area (Å²) >= 11 is 6.01. The van der Waals surface area contributed by atoms with Crippen LogP contribution in [0, 0.1) is 19.3 Å². The van der Waals surface area contributed by atoms with E-state index in [4.69, 9.17) is 17.0 Å². The first-order chi connectivity index (χ1) is 14.9. The smallest absolute Gasteiger partial charge is 0.203 e. The molecule has 0 radical (unpaired) electrons. The number of piperidine rings is 1. The van der Waals surface area contributed by atoms with Crippen LogP contribution in [0.15, 0.2) is 72.8 Å². The van der Waals surface area contributed by atoms with E-state index in [0.717, 1.165) is 16.9 Å². The number of hydrogen-bond donors (Lipinski definition) is 2. The minimum atomic E-state index is -0.889. The molecule has 1 heterocycles. The Bertz CT molecular complexity index is 992. The van der Waals surface area contributed by atoms with Gasteiger partial charge in [-0.25, -0.2) is 0 Å². The summed E-state index contributed by atoms with van der Waals surface area (Å²) in [5, 5.41) is 20.9. The maximum atomic E-state index is 11.2. The summed E-state index contributed by atoms with van der Waals surface area (Å²) in [6.45, 7) is 5.33. The molecule has 1 aliphatic heterocycles. The highest BCUT2D eigenvalue weighted by Gasteiger charge is 2.36. The molecule has 3 aromatic carbocycles. The van der Waals surface area contributed by atoms with Crippen LogP contribution in [0.4, 0.5) is 11.4 Å². The Morgan fingerprint density at radius 3 is 1.74 bits per heavy atom. The molecule has 4 rings (SSSR count). The van der Waals surface area contributed by atoms with E-state index < -0.39 is 5.60 Å². The van der Waals surface area contributed by atoms with E-state index in [-0.39, 0.29) is 0 Å². The van der Waals surface area contributed by atoms with Crippen LogP contribution in [0.25, 0.3) is 0 Å². The SMILES string of the molecule is Cc1ccc(N(C(=N)N2CCC(O)(c3ccc(Cl)cc3)CC2)c2ccc(C)cc2)cc1. The molecular formula is C26H28ClN3O. The maximum Gasteiger partial charge on any atom is 0.203 e. The van der Waals surface area contributed by atoms with Gasteiger partial charge in [0.05, 0.1) is 5.60 Å². The van der Waals surface area contributed by atoms with Crippen LogP contribution in [-0.2, 0) is 5.60 Å². The first-order valence-electron chi connectivity index (χ1n) is 10.6. The van der Waals surface area contributed by atoms with E-state index in [1.54, 1.807) is 0 Å². The zero-order valence-electron chi connectivity index (χ0n) is 18.0. The van der Waals surface area contributed by atoms with Crippen molar-refractivity contribution in [3.63, 3.8) is 0 Å². The average Bonchev–Trinajstić information content (AvgIpc) is 2.77. The molecule has 5 heteroatoms. The minimum absolute atomic E-state index is 0.422. The van der Waals surface area contributed by atoms with Crippen LogP contribution in [0.2, 0.25) is 5.02 Å². The molecule has 1 saturated heterocycles. The van der Waals surface area contributed by atoms with Gasteiger partial charge in [0.25, 0.3) is 0 Å². The predicted octanol–water partition coefficient (Wildman–Crippen LogP) is 6.01. The van der Waals surface area contributed by atoms with Gasteiger partial charge in [-0.3, -0.25) is 10.3 Å². The monoisotopic (exact) mass is 433 g/mol. The predicted molar refractivity (Wildman–Crippen MR) is 128 cm³/mol. The summed E-state index contributed by atoms with van der Waals surface area (Å²) in [6.07, 6.45) is 1.12. The molecule has 3 aromatic rings. The fourth-order valence-corrected chi connectivity index (χ4v) is 4.19. The Labute approximate surface area is 189 Å². The van der Waals surface area contributed by atoms with Crippen molar-refractivity contribution in [2.75, 3.05) is 18.0 Å². The van der Waals surface area contributed by atoms with Crippen LogP contribution in [0.5, 0.6) is 0 Å². The van der Waals surface area contributed by atoms with E-state index in [9.17, 15) is 5.11 Å². The Kier molecular flexibility index (Phi) is 6.03. The number of hydrogen-bond acceptors (Lipinski definition) is 2. The van der Waals surface area contributed by atoms with Crippen LogP contribution in [-0.4, -0.2) is 29.1 Å². The van der Waals surface area contributed by atoms with Gasteiger partial charge >= 0.3 is 0 Å². The number of halogens is 1. The first-order valence-corrected chi connectivity index (χ1v) is 11.0. The molecule has 0 aromatic heterocycles. The number of aryl methyl sites for hydroxylation is 2. The molecule has 160 valence electrons. The molecule has 0 saturated carbocycles. The second kappa shape index (κ2) is 8.74.